The first-order valence-corrected chi connectivity index (χ1v) is 9.69. The van der Waals surface area contributed by atoms with Gasteiger partial charge >= 0.3 is 5.97 Å². The summed E-state index contributed by atoms with van der Waals surface area (Å²) >= 11 is 3.29. The third-order valence-electron chi connectivity index (χ3n) is 3.19. The Morgan fingerprint density at radius 3 is 2.42 bits per heavy atom. The smallest absolute Gasteiger partial charge is 0.311 e. The van der Waals surface area contributed by atoms with Gasteiger partial charge < -0.3 is 4.74 Å². The zero-order chi connectivity index (χ0) is 17.7. The first-order chi connectivity index (χ1) is 11.3. The molecule has 0 unspecified atom stereocenters. The Kier molecular flexibility index (Phi) is 6.01. The van der Waals surface area contributed by atoms with Crippen LogP contribution in [0.15, 0.2) is 51.8 Å². The predicted octanol–water partition coefficient (Wildman–Crippen LogP) is 4.26. The average molecular weight is 412 g/mol. The summed E-state index contributed by atoms with van der Waals surface area (Å²) in [5.74, 6) is 0.0259. The fourth-order valence-corrected chi connectivity index (χ4v) is 3.47. The minimum absolute atomic E-state index is 0.183. The number of rotatable bonds is 6. The molecule has 0 atom stereocenters. The van der Waals surface area contributed by atoms with Crippen molar-refractivity contribution in [2.24, 2.45) is 0 Å². The molecule has 0 fully saturated rings. The Bertz CT molecular complexity index is 832. The van der Waals surface area contributed by atoms with Crippen LogP contribution in [-0.4, -0.2) is 14.4 Å². The van der Waals surface area contributed by atoms with E-state index in [0.29, 0.717) is 28.8 Å². The molecule has 128 valence electrons. The van der Waals surface area contributed by atoms with Gasteiger partial charge in [-0.05, 0) is 59.6 Å². The SMILES string of the molecule is CCCC(=O)Oc1ccc(NS(=O)(=O)c2ccc(C)cc2)cc1Br. The molecule has 1 N–H and O–H groups in total. The van der Waals surface area contributed by atoms with E-state index in [1.807, 2.05) is 13.8 Å². The van der Waals surface area contributed by atoms with E-state index >= 15 is 0 Å². The number of nitrogens with one attached hydrogen (secondary N) is 1. The van der Waals surface area contributed by atoms with E-state index in [1.165, 1.54) is 0 Å². The van der Waals surface area contributed by atoms with Gasteiger partial charge in [0.2, 0.25) is 0 Å². The van der Waals surface area contributed by atoms with Crippen molar-refractivity contribution in [3.05, 3.63) is 52.5 Å². The minimum Gasteiger partial charge on any atom is -0.425 e. The number of esters is 1. The maximum absolute atomic E-state index is 12.4. The molecule has 2 rings (SSSR count). The summed E-state index contributed by atoms with van der Waals surface area (Å²) in [6.07, 6.45) is 1.03. The highest BCUT2D eigenvalue weighted by Gasteiger charge is 2.15. The van der Waals surface area contributed by atoms with Gasteiger partial charge in [0.15, 0.2) is 0 Å². The van der Waals surface area contributed by atoms with Crippen LogP contribution >= 0.6 is 15.9 Å². The Hall–Kier alpha value is -1.86. The van der Waals surface area contributed by atoms with E-state index in [-0.39, 0.29) is 10.9 Å². The van der Waals surface area contributed by atoms with Crippen molar-refractivity contribution in [1.29, 1.82) is 0 Å². The number of ether oxygens (including phenoxy) is 1. The van der Waals surface area contributed by atoms with Crippen LogP contribution in [0.3, 0.4) is 0 Å². The maximum Gasteiger partial charge on any atom is 0.311 e. The third-order valence-corrected chi connectivity index (χ3v) is 5.21. The number of halogens is 1. The van der Waals surface area contributed by atoms with Crippen LogP contribution in [0.1, 0.15) is 25.3 Å². The lowest BCUT2D eigenvalue weighted by Gasteiger charge is -2.11. The number of hydrogen-bond acceptors (Lipinski definition) is 4. The van der Waals surface area contributed by atoms with Gasteiger partial charge in [-0.3, -0.25) is 9.52 Å². The summed E-state index contributed by atoms with van der Waals surface area (Å²) in [6.45, 7) is 3.78. The lowest BCUT2D eigenvalue weighted by Crippen LogP contribution is -2.13. The highest BCUT2D eigenvalue weighted by atomic mass is 79.9. The molecule has 2 aromatic carbocycles. The van der Waals surface area contributed by atoms with Crippen LogP contribution in [-0.2, 0) is 14.8 Å². The van der Waals surface area contributed by atoms with Gasteiger partial charge in [-0.2, -0.15) is 0 Å². The van der Waals surface area contributed by atoms with Crippen LogP contribution in [0.4, 0.5) is 5.69 Å². The second kappa shape index (κ2) is 7.81. The van der Waals surface area contributed by atoms with Crippen molar-refractivity contribution in [3.63, 3.8) is 0 Å². The molecule has 7 heteroatoms. The van der Waals surface area contributed by atoms with E-state index < -0.39 is 10.0 Å². The van der Waals surface area contributed by atoms with Gasteiger partial charge in [0.25, 0.3) is 10.0 Å². The van der Waals surface area contributed by atoms with Gasteiger partial charge in [0.1, 0.15) is 5.75 Å². The number of sulfonamides is 1. The minimum atomic E-state index is -3.67. The van der Waals surface area contributed by atoms with Crippen LogP contribution in [0.2, 0.25) is 0 Å². The fourth-order valence-electron chi connectivity index (χ4n) is 1.96. The predicted molar refractivity (Wildman–Crippen MR) is 96.7 cm³/mol. The van der Waals surface area contributed by atoms with Crippen molar-refractivity contribution in [1.82, 2.24) is 0 Å². The highest BCUT2D eigenvalue weighted by molar-refractivity contribution is 9.10. The average Bonchev–Trinajstić information content (AvgIpc) is 2.50. The second-order valence-corrected chi connectivity index (χ2v) is 7.82. The Balaban J connectivity index is 2.17. The quantitative estimate of drug-likeness (QED) is 0.568. The van der Waals surface area contributed by atoms with Gasteiger partial charge in [-0.1, -0.05) is 24.6 Å². The van der Waals surface area contributed by atoms with Crippen LogP contribution in [0.25, 0.3) is 0 Å². The van der Waals surface area contributed by atoms with Crippen molar-refractivity contribution in [2.75, 3.05) is 4.72 Å². The molecular weight excluding hydrogens is 394 g/mol. The van der Waals surface area contributed by atoms with E-state index in [0.717, 1.165) is 5.56 Å². The summed E-state index contributed by atoms with van der Waals surface area (Å²) < 4.78 is 32.9. The number of benzene rings is 2. The summed E-state index contributed by atoms with van der Waals surface area (Å²) in [4.78, 5) is 11.7. The monoisotopic (exact) mass is 411 g/mol. The van der Waals surface area contributed by atoms with E-state index in [2.05, 4.69) is 20.7 Å². The van der Waals surface area contributed by atoms with E-state index in [4.69, 9.17) is 4.74 Å². The largest absolute Gasteiger partial charge is 0.425 e. The van der Waals surface area contributed by atoms with Crippen LogP contribution < -0.4 is 9.46 Å². The Labute approximate surface area is 150 Å². The number of carbonyl (C=O) groups is 1. The molecule has 0 bridgehead atoms. The second-order valence-electron chi connectivity index (χ2n) is 5.29. The maximum atomic E-state index is 12.4. The zero-order valence-electron chi connectivity index (χ0n) is 13.4. The molecule has 5 nitrogen and oxygen atoms in total. The van der Waals surface area contributed by atoms with Crippen molar-refractivity contribution in [2.45, 2.75) is 31.6 Å². The summed E-state index contributed by atoms with van der Waals surface area (Å²) in [5.41, 5.74) is 1.35. The molecular formula is C17H18BrNO4S. The molecule has 24 heavy (non-hydrogen) atoms. The summed E-state index contributed by atoms with van der Waals surface area (Å²) in [7, 11) is -3.67. The Morgan fingerprint density at radius 1 is 1.17 bits per heavy atom. The molecule has 0 aliphatic carbocycles. The standard InChI is InChI=1S/C17H18BrNO4S/c1-3-4-17(20)23-16-10-7-13(11-15(16)18)19-24(21,22)14-8-5-12(2)6-9-14/h5-11,19H,3-4H2,1-2H3. The van der Waals surface area contributed by atoms with Crippen molar-refractivity contribution in [3.8, 4) is 5.75 Å². The highest BCUT2D eigenvalue weighted by Crippen LogP contribution is 2.29. The first-order valence-electron chi connectivity index (χ1n) is 7.41. The topological polar surface area (TPSA) is 72.5 Å². The molecule has 0 saturated carbocycles. The number of carbonyl (C=O) groups excluding carboxylic acids is 1. The first kappa shape index (κ1) is 18.5. The molecule has 2 aromatic rings. The van der Waals surface area contributed by atoms with E-state index in [1.54, 1.807) is 42.5 Å². The normalized spacial score (nSPS) is 11.1. The van der Waals surface area contributed by atoms with Crippen LogP contribution in [0, 0.1) is 6.92 Å². The van der Waals surface area contributed by atoms with Gasteiger partial charge in [-0.25, -0.2) is 8.42 Å². The van der Waals surface area contributed by atoms with Crippen LogP contribution in [0.5, 0.6) is 5.75 Å². The number of hydrogen-bond donors (Lipinski definition) is 1. The molecule has 0 radical (unpaired) electrons. The summed E-state index contributed by atoms with van der Waals surface area (Å²) in [6, 6.07) is 11.2. The lowest BCUT2D eigenvalue weighted by atomic mass is 10.2. The van der Waals surface area contributed by atoms with Gasteiger partial charge in [-0.15, -0.1) is 0 Å². The van der Waals surface area contributed by atoms with E-state index in [9.17, 15) is 13.2 Å². The number of aryl methyl sites for hydroxylation is 1. The third kappa shape index (κ3) is 4.82. The molecule has 0 aromatic heterocycles. The zero-order valence-corrected chi connectivity index (χ0v) is 15.8. The molecule has 0 aliphatic heterocycles. The molecule has 0 aliphatic rings. The Morgan fingerprint density at radius 2 is 1.83 bits per heavy atom. The molecule has 0 spiro atoms. The molecule has 0 saturated heterocycles. The van der Waals surface area contributed by atoms with Gasteiger partial charge in [0.05, 0.1) is 15.1 Å². The van der Waals surface area contributed by atoms with Crippen molar-refractivity contribution < 1.29 is 17.9 Å². The molecule has 0 heterocycles. The lowest BCUT2D eigenvalue weighted by molar-refractivity contribution is -0.134. The van der Waals surface area contributed by atoms with Crippen molar-refractivity contribution >= 4 is 37.6 Å². The number of anilines is 1. The summed E-state index contributed by atoms with van der Waals surface area (Å²) in [5, 5.41) is 0. The fraction of sp³-hybridized carbons (Fsp3) is 0.235. The van der Waals surface area contributed by atoms with Gasteiger partial charge in [0, 0.05) is 6.42 Å². The molecule has 0 amide bonds.